The summed E-state index contributed by atoms with van der Waals surface area (Å²) in [5.41, 5.74) is 2.13. The van der Waals surface area contributed by atoms with Crippen LogP contribution in [0.4, 0.5) is 0 Å². The van der Waals surface area contributed by atoms with E-state index in [9.17, 15) is 4.79 Å². The Labute approximate surface area is 95.9 Å². The molecule has 0 fully saturated rings. The van der Waals surface area contributed by atoms with E-state index in [0.29, 0.717) is 6.61 Å². The van der Waals surface area contributed by atoms with Crippen LogP contribution in [-0.2, 0) is 9.53 Å². The average Bonchev–Trinajstić information content (AvgIpc) is 2.27. The molecular weight excluding hydrogens is 200 g/mol. The third kappa shape index (κ3) is 4.47. The van der Waals surface area contributed by atoms with Gasteiger partial charge in [0.15, 0.2) is 0 Å². The van der Waals surface area contributed by atoms with Crippen molar-refractivity contribution in [1.82, 2.24) is 0 Å². The number of hydrogen-bond acceptors (Lipinski definition) is 2. The third-order valence-corrected chi connectivity index (χ3v) is 1.86. The van der Waals surface area contributed by atoms with E-state index in [1.54, 1.807) is 6.92 Å². The van der Waals surface area contributed by atoms with Gasteiger partial charge in [-0.1, -0.05) is 29.5 Å². The predicted molar refractivity (Wildman–Crippen MR) is 63.8 cm³/mol. The second-order valence-electron chi connectivity index (χ2n) is 3.22. The lowest BCUT2D eigenvalue weighted by Gasteiger charge is -1.92. The quantitative estimate of drug-likeness (QED) is 0.429. The summed E-state index contributed by atoms with van der Waals surface area (Å²) in [6.45, 7) is 4.18. The van der Waals surface area contributed by atoms with Gasteiger partial charge < -0.3 is 4.74 Å². The lowest BCUT2D eigenvalue weighted by molar-refractivity contribution is -0.137. The first kappa shape index (κ1) is 12.1. The van der Waals surface area contributed by atoms with Gasteiger partial charge in [-0.15, -0.1) is 0 Å². The number of allylic oxidation sites excluding steroid dienone is 1. The lowest BCUT2D eigenvalue weighted by Crippen LogP contribution is -1.98. The lowest BCUT2D eigenvalue weighted by atomic mass is 10.1. The van der Waals surface area contributed by atoms with Crippen molar-refractivity contribution in [3.05, 3.63) is 47.5 Å². The standard InChI is InChI=1S/C14H14O2/c1-3-16-14(15)7-5-4-6-13-10-8-12(2)9-11-13/h5,7-11H,3H2,1-2H3/b7-5+. The van der Waals surface area contributed by atoms with Gasteiger partial charge in [-0.3, -0.25) is 0 Å². The monoisotopic (exact) mass is 214 g/mol. The Hall–Kier alpha value is -2.01. The van der Waals surface area contributed by atoms with E-state index >= 15 is 0 Å². The van der Waals surface area contributed by atoms with Crippen molar-refractivity contribution in [2.24, 2.45) is 0 Å². The van der Waals surface area contributed by atoms with Gasteiger partial charge >= 0.3 is 5.97 Å². The molecule has 0 spiro atoms. The molecule has 82 valence electrons. The van der Waals surface area contributed by atoms with E-state index in [2.05, 4.69) is 11.8 Å². The Bertz CT molecular complexity index is 430. The first-order valence-corrected chi connectivity index (χ1v) is 5.14. The number of aryl methyl sites for hydroxylation is 1. The maximum absolute atomic E-state index is 10.9. The van der Waals surface area contributed by atoms with Crippen LogP contribution in [0.3, 0.4) is 0 Å². The molecule has 2 heteroatoms. The molecule has 0 aliphatic carbocycles. The van der Waals surface area contributed by atoms with Crippen molar-refractivity contribution in [1.29, 1.82) is 0 Å². The van der Waals surface area contributed by atoms with Crippen LogP contribution in [0.25, 0.3) is 0 Å². The Morgan fingerprint density at radius 1 is 1.38 bits per heavy atom. The number of hydrogen-bond donors (Lipinski definition) is 0. The molecule has 0 heterocycles. The minimum atomic E-state index is -0.360. The van der Waals surface area contributed by atoms with Crippen LogP contribution in [-0.4, -0.2) is 12.6 Å². The molecule has 0 aliphatic rings. The molecule has 0 unspecified atom stereocenters. The van der Waals surface area contributed by atoms with E-state index in [1.165, 1.54) is 17.7 Å². The zero-order valence-electron chi connectivity index (χ0n) is 9.49. The van der Waals surface area contributed by atoms with Crippen LogP contribution in [0.1, 0.15) is 18.1 Å². The van der Waals surface area contributed by atoms with Gasteiger partial charge in [0.1, 0.15) is 0 Å². The van der Waals surface area contributed by atoms with E-state index < -0.39 is 0 Å². The Balaban J connectivity index is 2.55. The van der Waals surface area contributed by atoms with Gasteiger partial charge in [-0.2, -0.15) is 0 Å². The molecule has 1 aromatic carbocycles. The minimum absolute atomic E-state index is 0.360. The smallest absolute Gasteiger partial charge is 0.331 e. The van der Waals surface area contributed by atoms with E-state index in [0.717, 1.165) is 5.56 Å². The number of ether oxygens (including phenoxy) is 1. The summed E-state index contributed by atoms with van der Waals surface area (Å²) in [6, 6.07) is 7.89. The first-order valence-electron chi connectivity index (χ1n) is 5.14. The fourth-order valence-electron chi connectivity index (χ4n) is 1.06. The van der Waals surface area contributed by atoms with Gasteiger partial charge in [0.05, 0.1) is 6.61 Å². The molecule has 1 aromatic rings. The number of carbonyl (C=O) groups is 1. The molecule has 0 N–H and O–H groups in total. The zero-order chi connectivity index (χ0) is 11.8. The average molecular weight is 214 g/mol. The van der Waals surface area contributed by atoms with Crippen molar-refractivity contribution < 1.29 is 9.53 Å². The van der Waals surface area contributed by atoms with E-state index in [-0.39, 0.29) is 5.97 Å². The second-order valence-corrected chi connectivity index (χ2v) is 3.22. The van der Waals surface area contributed by atoms with Crippen LogP contribution in [0.15, 0.2) is 36.4 Å². The summed E-state index contributed by atoms with van der Waals surface area (Å²) in [7, 11) is 0. The zero-order valence-corrected chi connectivity index (χ0v) is 9.49. The summed E-state index contributed by atoms with van der Waals surface area (Å²) in [5, 5.41) is 0. The Morgan fingerprint density at radius 2 is 2.06 bits per heavy atom. The van der Waals surface area contributed by atoms with Crippen LogP contribution < -0.4 is 0 Å². The number of carbonyl (C=O) groups excluding carboxylic acids is 1. The third-order valence-electron chi connectivity index (χ3n) is 1.86. The molecule has 0 radical (unpaired) electrons. The highest BCUT2D eigenvalue weighted by Crippen LogP contribution is 2.00. The van der Waals surface area contributed by atoms with Gasteiger partial charge in [0, 0.05) is 11.6 Å². The number of esters is 1. The second kappa shape index (κ2) is 6.47. The molecular formula is C14H14O2. The first-order chi connectivity index (χ1) is 7.72. The molecule has 0 aromatic heterocycles. The van der Waals surface area contributed by atoms with Gasteiger partial charge in [0.2, 0.25) is 0 Å². The van der Waals surface area contributed by atoms with Crippen LogP contribution >= 0.6 is 0 Å². The van der Waals surface area contributed by atoms with Gasteiger partial charge in [0.25, 0.3) is 0 Å². The molecule has 1 rings (SSSR count). The fraction of sp³-hybridized carbons (Fsp3) is 0.214. The molecule has 0 amide bonds. The molecule has 0 atom stereocenters. The van der Waals surface area contributed by atoms with Crippen molar-refractivity contribution in [2.75, 3.05) is 6.61 Å². The Kier molecular flexibility index (Phi) is 4.88. The summed E-state index contributed by atoms with van der Waals surface area (Å²) in [4.78, 5) is 10.9. The molecule has 0 aliphatic heterocycles. The summed E-state index contributed by atoms with van der Waals surface area (Å²) < 4.78 is 4.72. The van der Waals surface area contributed by atoms with Gasteiger partial charge in [-0.25, -0.2) is 4.79 Å². The van der Waals surface area contributed by atoms with Crippen molar-refractivity contribution in [2.45, 2.75) is 13.8 Å². The molecule has 16 heavy (non-hydrogen) atoms. The summed E-state index contributed by atoms with van der Waals surface area (Å²) in [6.07, 6.45) is 2.82. The van der Waals surface area contributed by atoms with Crippen molar-refractivity contribution in [3.8, 4) is 11.8 Å². The molecule has 0 bridgehead atoms. The van der Waals surface area contributed by atoms with Crippen molar-refractivity contribution in [3.63, 3.8) is 0 Å². The largest absolute Gasteiger partial charge is 0.463 e. The highest BCUT2D eigenvalue weighted by molar-refractivity contribution is 5.82. The normalized spacial score (nSPS) is 9.62. The number of rotatable bonds is 2. The highest BCUT2D eigenvalue weighted by Gasteiger charge is 1.90. The van der Waals surface area contributed by atoms with Crippen LogP contribution in [0.5, 0.6) is 0 Å². The number of benzene rings is 1. The van der Waals surface area contributed by atoms with E-state index in [1.807, 2.05) is 31.2 Å². The maximum atomic E-state index is 10.9. The molecule has 0 saturated carbocycles. The highest BCUT2D eigenvalue weighted by atomic mass is 16.5. The van der Waals surface area contributed by atoms with E-state index in [4.69, 9.17) is 4.74 Å². The fourth-order valence-corrected chi connectivity index (χ4v) is 1.06. The predicted octanol–water partition coefficient (Wildman–Crippen LogP) is 2.47. The van der Waals surface area contributed by atoms with Crippen LogP contribution in [0, 0.1) is 18.8 Å². The van der Waals surface area contributed by atoms with Crippen LogP contribution in [0.2, 0.25) is 0 Å². The summed E-state index contributed by atoms with van der Waals surface area (Å²) in [5.74, 6) is 5.34. The molecule has 0 saturated heterocycles. The Morgan fingerprint density at radius 3 is 2.69 bits per heavy atom. The van der Waals surface area contributed by atoms with Gasteiger partial charge in [-0.05, 0) is 32.1 Å². The summed E-state index contributed by atoms with van der Waals surface area (Å²) >= 11 is 0. The molecule has 2 nitrogen and oxygen atoms in total. The minimum Gasteiger partial charge on any atom is -0.463 e. The van der Waals surface area contributed by atoms with Crippen molar-refractivity contribution >= 4 is 5.97 Å². The topological polar surface area (TPSA) is 26.3 Å². The maximum Gasteiger partial charge on any atom is 0.331 e. The SMILES string of the molecule is CCOC(=O)/C=C/C#Cc1ccc(C)cc1.